The number of alkyl halides is 3. The minimum atomic E-state index is -5.23. The van der Waals surface area contributed by atoms with Gasteiger partial charge in [-0.3, -0.25) is 0 Å². The Morgan fingerprint density at radius 1 is 1.10 bits per heavy atom. The van der Waals surface area contributed by atoms with Crippen molar-refractivity contribution in [3.8, 4) is 6.07 Å². The van der Waals surface area contributed by atoms with Crippen LogP contribution in [0.4, 0.5) is 22.0 Å². The van der Waals surface area contributed by atoms with Gasteiger partial charge in [-0.2, -0.15) is 27.2 Å². The zero-order chi connectivity index (χ0) is 23.0. The number of allylic oxidation sites excluding steroid dienone is 1. The predicted molar refractivity (Wildman–Crippen MR) is 106 cm³/mol. The fraction of sp³-hybridized carbons (Fsp3) is 0.476. The van der Waals surface area contributed by atoms with Crippen molar-refractivity contribution in [1.29, 1.82) is 5.26 Å². The minimum Gasteiger partial charge on any atom is -0.227 e. The average Bonchev–Trinajstić information content (AvgIpc) is 3.14. The summed E-state index contributed by atoms with van der Waals surface area (Å²) < 4.78 is 72.3. The lowest BCUT2D eigenvalue weighted by Gasteiger charge is -2.49. The van der Waals surface area contributed by atoms with Crippen molar-refractivity contribution in [3.63, 3.8) is 0 Å². The number of nitriles is 1. The summed E-state index contributed by atoms with van der Waals surface area (Å²) in [6.07, 6.45) is -6.89. The Bertz CT molecular complexity index is 1100. The molecule has 0 radical (unpaired) electrons. The molecule has 2 heterocycles. The van der Waals surface area contributed by atoms with Crippen molar-refractivity contribution in [1.82, 2.24) is 15.0 Å². The Kier molecular flexibility index (Phi) is 4.44. The van der Waals surface area contributed by atoms with Crippen molar-refractivity contribution in [2.45, 2.75) is 49.6 Å². The van der Waals surface area contributed by atoms with E-state index >= 15 is 0 Å². The van der Waals surface area contributed by atoms with E-state index in [0.717, 1.165) is 29.1 Å². The van der Waals surface area contributed by atoms with Gasteiger partial charge in [0.15, 0.2) is 5.41 Å². The Morgan fingerprint density at radius 2 is 1.65 bits per heavy atom. The highest BCUT2D eigenvalue weighted by Gasteiger charge is 2.71. The fourth-order valence-corrected chi connectivity index (χ4v) is 7.44. The molecule has 2 aromatic rings. The molecule has 0 fully saturated rings. The summed E-state index contributed by atoms with van der Waals surface area (Å²) in [7, 11) is 0. The quantitative estimate of drug-likeness (QED) is 0.485. The first-order valence-electron chi connectivity index (χ1n) is 9.49. The van der Waals surface area contributed by atoms with E-state index in [0.29, 0.717) is 0 Å². The maximum Gasteiger partial charge on any atom is 0.412 e. The first-order valence-corrected chi connectivity index (χ1v) is 10.5. The van der Waals surface area contributed by atoms with Gasteiger partial charge in [-0.05, 0) is 11.1 Å². The van der Waals surface area contributed by atoms with Crippen LogP contribution >= 0.6 is 11.8 Å². The van der Waals surface area contributed by atoms with E-state index in [1.165, 1.54) is 10.8 Å². The molecule has 1 aromatic heterocycles. The number of benzene rings is 1. The van der Waals surface area contributed by atoms with Crippen LogP contribution in [0.2, 0.25) is 0 Å². The van der Waals surface area contributed by atoms with Crippen LogP contribution in [0.5, 0.6) is 0 Å². The molecule has 4 rings (SSSR count). The van der Waals surface area contributed by atoms with Crippen molar-refractivity contribution in [3.05, 3.63) is 53.4 Å². The topological polar surface area (TPSA) is 54.5 Å². The van der Waals surface area contributed by atoms with Gasteiger partial charge in [-0.15, -0.1) is 16.9 Å². The van der Waals surface area contributed by atoms with E-state index in [9.17, 15) is 27.2 Å². The minimum absolute atomic E-state index is 0.488. The summed E-state index contributed by atoms with van der Waals surface area (Å²) in [6.45, 7) is 7.45. The Morgan fingerprint density at radius 3 is 2.10 bits per heavy atom. The van der Waals surface area contributed by atoms with Gasteiger partial charge in [0.1, 0.15) is 4.87 Å². The smallest absolute Gasteiger partial charge is 0.227 e. The van der Waals surface area contributed by atoms with Crippen LogP contribution in [-0.2, 0) is 15.7 Å². The van der Waals surface area contributed by atoms with Crippen LogP contribution in [0.15, 0.2) is 36.5 Å². The summed E-state index contributed by atoms with van der Waals surface area (Å²) in [4.78, 5) is -1.25. The van der Waals surface area contributed by atoms with Crippen LogP contribution in [0.1, 0.15) is 44.5 Å². The molecule has 1 aliphatic heterocycles. The van der Waals surface area contributed by atoms with E-state index < -0.39 is 50.4 Å². The van der Waals surface area contributed by atoms with Crippen LogP contribution in [0.3, 0.4) is 0 Å². The highest BCUT2D eigenvalue weighted by atomic mass is 32.2. The first-order chi connectivity index (χ1) is 14.3. The van der Waals surface area contributed by atoms with E-state index in [1.807, 2.05) is 52.0 Å². The van der Waals surface area contributed by atoms with Gasteiger partial charge < -0.3 is 0 Å². The predicted octanol–water partition coefficient (Wildman–Crippen LogP) is 5.63. The standard InChI is InChI=1S/C21H19F5N4S/c1-17(2)12-7-5-6-8-13(12)18(3,4)20(17)30-14(9-28-29-30)15(16(22)23)19(10-27,11-31-20)21(24,25)26/h5-9H,11H2,1-4H3. The molecular weight excluding hydrogens is 435 g/mol. The molecule has 1 unspecified atom stereocenters. The molecule has 31 heavy (non-hydrogen) atoms. The monoisotopic (exact) mass is 454 g/mol. The van der Waals surface area contributed by atoms with Crippen molar-refractivity contribution in [2.24, 2.45) is 5.41 Å². The lowest BCUT2D eigenvalue weighted by Crippen LogP contribution is -2.54. The van der Waals surface area contributed by atoms with E-state index in [1.54, 1.807) is 0 Å². The number of hydrogen-bond donors (Lipinski definition) is 0. The molecule has 0 N–H and O–H groups in total. The normalized spacial score (nSPS) is 25.5. The van der Waals surface area contributed by atoms with E-state index in [2.05, 4.69) is 10.3 Å². The maximum absolute atomic E-state index is 14.3. The van der Waals surface area contributed by atoms with E-state index in [4.69, 9.17) is 0 Å². The molecule has 164 valence electrons. The molecule has 2 aliphatic rings. The summed E-state index contributed by atoms with van der Waals surface area (Å²) in [5.74, 6) is -0.899. The largest absolute Gasteiger partial charge is 0.412 e. The number of thioether (sulfide) groups is 1. The lowest BCUT2D eigenvalue weighted by atomic mass is 9.74. The lowest BCUT2D eigenvalue weighted by molar-refractivity contribution is -0.176. The number of hydrogen-bond acceptors (Lipinski definition) is 4. The van der Waals surface area contributed by atoms with Gasteiger partial charge in [0.2, 0.25) is 0 Å². The molecule has 1 aromatic carbocycles. The third-order valence-corrected chi connectivity index (χ3v) is 9.05. The number of aromatic nitrogens is 3. The molecule has 0 bridgehead atoms. The summed E-state index contributed by atoms with van der Waals surface area (Å²) in [5, 5.41) is 17.4. The van der Waals surface area contributed by atoms with Crippen molar-refractivity contribution >= 4 is 17.3 Å². The molecule has 0 saturated heterocycles. The van der Waals surface area contributed by atoms with Crippen LogP contribution < -0.4 is 0 Å². The maximum atomic E-state index is 14.3. The third kappa shape index (κ3) is 2.35. The highest BCUT2D eigenvalue weighted by Crippen LogP contribution is 2.69. The van der Waals surface area contributed by atoms with Crippen LogP contribution in [0, 0.1) is 16.7 Å². The Hall–Kier alpha value is -2.41. The first kappa shape index (κ1) is 21.8. The molecular formula is C21H19F5N4S. The third-order valence-electron chi connectivity index (χ3n) is 6.86. The summed E-state index contributed by atoms with van der Waals surface area (Å²) in [6, 6.07) is 8.64. The molecule has 1 spiro atoms. The number of fused-ring (bicyclic) bond motifs is 3. The zero-order valence-corrected chi connectivity index (χ0v) is 18.0. The molecule has 10 heteroatoms. The van der Waals surface area contributed by atoms with Crippen molar-refractivity contribution < 1.29 is 22.0 Å². The summed E-state index contributed by atoms with van der Waals surface area (Å²) in [5.41, 5.74) is -5.14. The second kappa shape index (κ2) is 6.31. The van der Waals surface area contributed by atoms with Gasteiger partial charge in [0.05, 0.1) is 23.5 Å². The van der Waals surface area contributed by atoms with Gasteiger partial charge in [-0.1, -0.05) is 57.2 Å². The Balaban J connectivity index is 2.14. The zero-order valence-electron chi connectivity index (χ0n) is 17.2. The number of rotatable bonds is 0. The van der Waals surface area contributed by atoms with Crippen LogP contribution in [-0.4, -0.2) is 26.9 Å². The summed E-state index contributed by atoms with van der Waals surface area (Å²) >= 11 is 0.842. The van der Waals surface area contributed by atoms with Crippen LogP contribution in [0.25, 0.3) is 5.57 Å². The molecule has 1 aliphatic carbocycles. The molecule has 4 nitrogen and oxygen atoms in total. The average molecular weight is 454 g/mol. The van der Waals surface area contributed by atoms with Crippen molar-refractivity contribution in [2.75, 3.05) is 5.75 Å². The molecule has 1 atom stereocenters. The SMILES string of the molecule is CC1(C)c2ccccc2C(C)(C)C12SCC(C#N)(C(F)(F)F)C(=C(F)F)c1cnnn12. The Labute approximate surface area is 180 Å². The second-order valence-electron chi connectivity index (χ2n) is 8.91. The molecule has 0 saturated carbocycles. The fourth-order valence-electron chi connectivity index (χ4n) is 5.45. The highest BCUT2D eigenvalue weighted by molar-refractivity contribution is 8.00. The van der Waals surface area contributed by atoms with Gasteiger partial charge in [0.25, 0.3) is 6.08 Å². The molecule has 0 amide bonds. The van der Waals surface area contributed by atoms with Gasteiger partial charge in [-0.25, -0.2) is 4.68 Å². The van der Waals surface area contributed by atoms with Gasteiger partial charge in [0, 0.05) is 16.6 Å². The second-order valence-corrected chi connectivity index (χ2v) is 10.1. The van der Waals surface area contributed by atoms with E-state index in [-0.39, 0.29) is 0 Å². The number of halogens is 5. The van der Waals surface area contributed by atoms with Gasteiger partial charge >= 0.3 is 6.18 Å². The number of nitrogens with zero attached hydrogens (tertiary/aromatic N) is 4.